The number of rotatable bonds is 5. The third-order valence-corrected chi connectivity index (χ3v) is 6.05. The second kappa shape index (κ2) is 7.43. The van der Waals surface area contributed by atoms with Crippen molar-refractivity contribution in [1.82, 2.24) is 15.6 Å². The van der Waals surface area contributed by atoms with Gasteiger partial charge in [0.25, 0.3) is 5.91 Å². The minimum absolute atomic E-state index is 0.126. The van der Waals surface area contributed by atoms with Gasteiger partial charge < -0.3 is 16.4 Å². The summed E-state index contributed by atoms with van der Waals surface area (Å²) in [5.41, 5.74) is 9.25. The number of benzene rings is 1. The third kappa shape index (κ3) is 3.43. The van der Waals surface area contributed by atoms with Crippen LogP contribution in [0.25, 0.3) is 10.2 Å². The van der Waals surface area contributed by atoms with Gasteiger partial charge in [0.2, 0.25) is 0 Å². The summed E-state index contributed by atoms with van der Waals surface area (Å²) in [4.78, 5) is 18.0. The predicted molar refractivity (Wildman–Crippen MR) is 107 cm³/mol. The number of hydrogen-bond donors (Lipinski definition) is 3. The highest BCUT2D eigenvalue weighted by Gasteiger charge is 2.17. The Labute approximate surface area is 156 Å². The van der Waals surface area contributed by atoms with Crippen LogP contribution in [0.15, 0.2) is 42.6 Å². The SMILES string of the molecule is Nc1c(C(=O)NCCc2ccc(C3CCNC3)cc2)sc2ncccc12. The Hall–Kier alpha value is -2.44. The first kappa shape index (κ1) is 17.0. The lowest BCUT2D eigenvalue weighted by molar-refractivity contribution is 0.0959. The van der Waals surface area contributed by atoms with Gasteiger partial charge in [-0.2, -0.15) is 0 Å². The second-order valence-corrected chi connectivity index (χ2v) is 7.64. The number of pyridine rings is 1. The summed E-state index contributed by atoms with van der Waals surface area (Å²) in [6.07, 6.45) is 3.73. The summed E-state index contributed by atoms with van der Waals surface area (Å²) in [5.74, 6) is 0.507. The maximum atomic E-state index is 12.4. The van der Waals surface area contributed by atoms with Crippen LogP contribution in [0.2, 0.25) is 0 Å². The Morgan fingerprint density at radius 3 is 2.88 bits per heavy atom. The van der Waals surface area contributed by atoms with Gasteiger partial charge in [-0.1, -0.05) is 24.3 Å². The van der Waals surface area contributed by atoms with Crippen LogP contribution in [0.1, 0.15) is 33.1 Å². The van der Waals surface area contributed by atoms with Gasteiger partial charge >= 0.3 is 0 Å². The zero-order valence-corrected chi connectivity index (χ0v) is 15.3. The molecule has 26 heavy (non-hydrogen) atoms. The topological polar surface area (TPSA) is 80.0 Å². The first-order chi connectivity index (χ1) is 12.7. The van der Waals surface area contributed by atoms with E-state index in [2.05, 4.69) is 39.9 Å². The van der Waals surface area contributed by atoms with Crippen molar-refractivity contribution in [3.8, 4) is 0 Å². The molecule has 1 aromatic carbocycles. The fourth-order valence-electron chi connectivity index (χ4n) is 3.42. The molecule has 0 spiro atoms. The van der Waals surface area contributed by atoms with E-state index in [-0.39, 0.29) is 5.91 Å². The summed E-state index contributed by atoms with van der Waals surface area (Å²) in [5, 5.41) is 7.22. The summed E-state index contributed by atoms with van der Waals surface area (Å²) in [6.45, 7) is 2.76. The van der Waals surface area contributed by atoms with Crippen molar-refractivity contribution < 1.29 is 4.79 Å². The van der Waals surface area contributed by atoms with Crippen molar-refractivity contribution in [3.63, 3.8) is 0 Å². The smallest absolute Gasteiger partial charge is 0.263 e. The highest BCUT2D eigenvalue weighted by molar-refractivity contribution is 7.21. The van der Waals surface area contributed by atoms with Gasteiger partial charge in [-0.3, -0.25) is 4.79 Å². The Morgan fingerprint density at radius 1 is 1.31 bits per heavy atom. The van der Waals surface area contributed by atoms with Crippen molar-refractivity contribution in [3.05, 3.63) is 58.6 Å². The fourth-order valence-corrected chi connectivity index (χ4v) is 4.40. The van der Waals surface area contributed by atoms with Crippen LogP contribution in [0, 0.1) is 0 Å². The first-order valence-corrected chi connectivity index (χ1v) is 9.75. The Kier molecular flexibility index (Phi) is 4.86. The summed E-state index contributed by atoms with van der Waals surface area (Å²) in [6, 6.07) is 12.5. The number of fused-ring (bicyclic) bond motifs is 1. The molecule has 1 aliphatic heterocycles. The summed E-state index contributed by atoms with van der Waals surface area (Å²) >= 11 is 1.34. The van der Waals surface area contributed by atoms with Gasteiger partial charge in [-0.15, -0.1) is 11.3 Å². The number of carbonyl (C=O) groups is 1. The van der Waals surface area contributed by atoms with Gasteiger partial charge in [0.15, 0.2) is 0 Å². The number of nitrogens with one attached hydrogen (secondary N) is 2. The Bertz CT molecular complexity index is 913. The zero-order valence-electron chi connectivity index (χ0n) is 14.5. The summed E-state index contributed by atoms with van der Waals surface area (Å²) < 4.78 is 0. The number of nitrogens with two attached hydrogens (primary N) is 1. The van der Waals surface area contributed by atoms with E-state index in [0.717, 1.165) is 29.7 Å². The molecule has 3 heterocycles. The molecule has 134 valence electrons. The fraction of sp³-hybridized carbons (Fsp3) is 0.300. The largest absolute Gasteiger partial charge is 0.397 e. The lowest BCUT2D eigenvalue weighted by Gasteiger charge is -2.10. The monoisotopic (exact) mass is 366 g/mol. The third-order valence-electron chi connectivity index (χ3n) is 4.92. The minimum atomic E-state index is -0.126. The van der Waals surface area contributed by atoms with E-state index in [1.165, 1.54) is 28.9 Å². The average Bonchev–Trinajstić information content (AvgIpc) is 3.31. The molecule has 0 saturated carbocycles. The van der Waals surface area contributed by atoms with E-state index >= 15 is 0 Å². The molecule has 1 atom stereocenters. The van der Waals surface area contributed by atoms with Crippen LogP contribution >= 0.6 is 11.3 Å². The number of thiophene rings is 1. The Morgan fingerprint density at radius 2 is 2.15 bits per heavy atom. The van der Waals surface area contributed by atoms with Crippen LogP contribution < -0.4 is 16.4 Å². The predicted octanol–water partition coefficient (Wildman–Crippen LogP) is 2.93. The number of hydrogen-bond acceptors (Lipinski definition) is 5. The molecule has 1 fully saturated rings. The van der Waals surface area contributed by atoms with E-state index < -0.39 is 0 Å². The van der Waals surface area contributed by atoms with Crippen molar-refractivity contribution in [2.75, 3.05) is 25.4 Å². The molecule has 4 rings (SSSR count). The van der Waals surface area contributed by atoms with Crippen LogP contribution in [0.4, 0.5) is 5.69 Å². The molecule has 6 heteroatoms. The molecule has 4 N–H and O–H groups in total. The maximum Gasteiger partial charge on any atom is 0.263 e. The number of nitrogen functional groups attached to an aromatic ring is 1. The zero-order chi connectivity index (χ0) is 17.9. The van der Waals surface area contributed by atoms with Crippen LogP contribution in [-0.2, 0) is 6.42 Å². The molecule has 2 aromatic heterocycles. The van der Waals surface area contributed by atoms with Crippen LogP contribution in [-0.4, -0.2) is 30.5 Å². The molecule has 1 aliphatic rings. The average molecular weight is 366 g/mol. The molecule has 0 aliphatic carbocycles. The molecular formula is C20H22N4OS. The lowest BCUT2D eigenvalue weighted by Crippen LogP contribution is -2.25. The highest BCUT2D eigenvalue weighted by Crippen LogP contribution is 2.31. The number of nitrogens with zero attached hydrogens (tertiary/aromatic N) is 1. The molecule has 5 nitrogen and oxygen atoms in total. The molecule has 1 unspecified atom stereocenters. The number of carbonyl (C=O) groups excluding carboxylic acids is 1. The Balaban J connectivity index is 1.35. The second-order valence-electron chi connectivity index (χ2n) is 6.64. The minimum Gasteiger partial charge on any atom is -0.397 e. The molecule has 1 amide bonds. The van der Waals surface area contributed by atoms with Gasteiger partial charge in [-0.25, -0.2) is 4.98 Å². The number of anilines is 1. The van der Waals surface area contributed by atoms with Crippen LogP contribution in [0.5, 0.6) is 0 Å². The van der Waals surface area contributed by atoms with Crippen molar-refractivity contribution in [1.29, 1.82) is 0 Å². The highest BCUT2D eigenvalue weighted by atomic mass is 32.1. The lowest BCUT2D eigenvalue weighted by atomic mass is 9.97. The molecular weight excluding hydrogens is 344 g/mol. The van der Waals surface area contributed by atoms with Crippen molar-refractivity contribution >= 4 is 33.1 Å². The summed E-state index contributed by atoms with van der Waals surface area (Å²) in [7, 11) is 0. The van der Waals surface area contributed by atoms with Gasteiger partial charge in [-0.05, 0) is 48.6 Å². The van der Waals surface area contributed by atoms with E-state index in [9.17, 15) is 4.79 Å². The van der Waals surface area contributed by atoms with Gasteiger partial charge in [0.1, 0.15) is 9.71 Å². The molecule has 1 saturated heterocycles. The standard InChI is InChI=1S/C20H22N4OS/c21-17-16-2-1-9-24-20(16)26-18(17)19(25)23-11-7-13-3-5-14(6-4-13)15-8-10-22-12-15/h1-6,9,15,22H,7-8,10-12,21H2,(H,23,25). The van der Waals surface area contributed by atoms with E-state index in [1.54, 1.807) is 6.20 Å². The normalized spacial score (nSPS) is 16.8. The molecule has 0 bridgehead atoms. The number of aromatic nitrogens is 1. The molecule has 3 aromatic rings. The first-order valence-electron chi connectivity index (χ1n) is 8.93. The van der Waals surface area contributed by atoms with E-state index in [1.807, 2.05) is 12.1 Å². The number of amides is 1. The maximum absolute atomic E-state index is 12.4. The van der Waals surface area contributed by atoms with Gasteiger partial charge in [0, 0.05) is 24.7 Å². The van der Waals surface area contributed by atoms with Gasteiger partial charge in [0.05, 0.1) is 5.69 Å². The van der Waals surface area contributed by atoms with Crippen molar-refractivity contribution in [2.24, 2.45) is 0 Å². The molecule has 0 radical (unpaired) electrons. The van der Waals surface area contributed by atoms with E-state index in [0.29, 0.717) is 23.0 Å². The van der Waals surface area contributed by atoms with Crippen molar-refractivity contribution in [2.45, 2.75) is 18.8 Å². The quantitative estimate of drug-likeness (QED) is 0.649. The van der Waals surface area contributed by atoms with E-state index in [4.69, 9.17) is 5.73 Å². The van der Waals surface area contributed by atoms with Crippen LogP contribution in [0.3, 0.4) is 0 Å².